The lowest BCUT2D eigenvalue weighted by Gasteiger charge is -2.31. The van der Waals surface area contributed by atoms with Crippen LogP contribution in [0.1, 0.15) is 22.3 Å². The summed E-state index contributed by atoms with van der Waals surface area (Å²) in [6.07, 6.45) is 0.404. The molecule has 1 unspecified atom stereocenters. The molecule has 4 nitrogen and oxygen atoms in total. The quantitative estimate of drug-likeness (QED) is 0.491. The maximum atomic E-state index is 13.6. The summed E-state index contributed by atoms with van der Waals surface area (Å²) < 4.78 is 0. The SMILES string of the molecule is CNC(=O)C(Cc1ccccc1)N(Cc1ccc(C)cc1)C(=O)Cc1c(Cl)cccc1Cl. The van der Waals surface area contributed by atoms with Crippen LogP contribution >= 0.6 is 23.2 Å². The Morgan fingerprint density at radius 2 is 1.50 bits per heavy atom. The van der Waals surface area contributed by atoms with Crippen LogP contribution < -0.4 is 5.32 Å². The number of halogens is 2. The van der Waals surface area contributed by atoms with E-state index in [4.69, 9.17) is 23.2 Å². The predicted octanol–water partition coefficient (Wildman–Crippen LogP) is 5.23. The number of aryl methyl sites for hydroxylation is 1. The second kappa shape index (κ2) is 11.2. The third-order valence-electron chi connectivity index (χ3n) is 5.38. The average molecular weight is 469 g/mol. The Morgan fingerprint density at radius 3 is 2.09 bits per heavy atom. The summed E-state index contributed by atoms with van der Waals surface area (Å²) >= 11 is 12.6. The van der Waals surface area contributed by atoms with Gasteiger partial charge in [0, 0.05) is 30.1 Å². The Balaban J connectivity index is 1.97. The molecule has 3 rings (SSSR count). The van der Waals surface area contributed by atoms with Gasteiger partial charge in [-0.25, -0.2) is 0 Å². The van der Waals surface area contributed by atoms with Crippen LogP contribution in [0.25, 0.3) is 0 Å². The minimum atomic E-state index is -0.683. The molecule has 0 aliphatic carbocycles. The summed E-state index contributed by atoms with van der Waals surface area (Å²) in [5, 5.41) is 3.58. The number of nitrogens with zero attached hydrogens (tertiary/aromatic N) is 1. The van der Waals surface area contributed by atoms with E-state index in [0.717, 1.165) is 16.7 Å². The molecule has 2 amide bonds. The molecule has 1 atom stereocenters. The molecule has 0 aliphatic rings. The molecule has 0 saturated heterocycles. The lowest BCUT2D eigenvalue weighted by Crippen LogP contribution is -2.50. The third kappa shape index (κ3) is 6.12. The van der Waals surface area contributed by atoms with Crippen LogP contribution in [0.3, 0.4) is 0 Å². The smallest absolute Gasteiger partial charge is 0.242 e. The topological polar surface area (TPSA) is 49.4 Å². The zero-order valence-electron chi connectivity index (χ0n) is 18.1. The van der Waals surface area contributed by atoms with Crippen LogP contribution in [0.4, 0.5) is 0 Å². The zero-order valence-corrected chi connectivity index (χ0v) is 19.7. The van der Waals surface area contributed by atoms with Gasteiger partial charge in [0.05, 0.1) is 6.42 Å². The van der Waals surface area contributed by atoms with E-state index >= 15 is 0 Å². The Kier molecular flexibility index (Phi) is 8.32. The van der Waals surface area contributed by atoms with Crippen molar-refractivity contribution in [3.63, 3.8) is 0 Å². The second-order valence-corrected chi connectivity index (χ2v) is 8.52. The van der Waals surface area contributed by atoms with E-state index in [9.17, 15) is 9.59 Å². The van der Waals surface area contributed by atoms with Crippen LogP contribution in [0, 0.1) is 6.92 Å². The predicted molar refractivity (Wildman–Crippen MR) is 130 cm³/mol. The van der Waals surface area contributed by atoms with Crippen molar-refractivity contribution in [3.05, 3.63) is 105 Å². The number of likely N-dealkylation sites (N-methyl/N-ethyl adjacent to an activating group) is 1. The van der Waals surface area contributed by atoms with Gasteiger partial charge in [0.15, 0.2) is 0 Å². The Labute approximate surface area is 199 Å². The van der Waals surface area contributed by atoms with E-state index in [-0.39, 0.29) is 18.2 Å². The molecule has 0 heterocycles. The maximum Gasteiger partial charge on any atom is 0.242 e. The standard InChI is InChI=1S/C26H26Cl2N2O2/c1-18-11-13-20(14-12-18)17-30(25(31)16-21-22(27)9-6-10-23(21)28)24(26(32)29-2)15-19-7-4-3-5-8-19/h3-14,24H,15-17H2,1-2H3,(H,29,32). The number of nitrogens with one attached hydrogen (secondary N) is 1. The Hall–Kier alpha value is -2.82. The van der Waals surface area contributed by atoms with E-state index in [1.807, 2.05) is 61.5 Å². The van der Waals surface area contributed by atoms with Gasteiger partial charge >= 0.3 is 0 Å². The fourth-order valence-electron chi connectivity index (χ4n) is 3.56. The van der Waals surface area contributed by atoms with Gasteiger partial charge in [-0.05, 0) is 35.7 Å². The summed E-state index contributed by atoms with van der Waals surface area (Å²) in [6, 6.07) is 22.1. The van der Waals surface area contributed by atoms with Crippen LogP contribution in [0.2, 0.25) is 10.0 Å². The second-order valence-electron chi connectivity index (χ2n) is 7.70. The minimum Gasteiger partial charge on any atom is -0.357 e. The number of hydrogen-bond donors (Lipinski definition) is 1. The summed E-state index contributed by atoms with van der Waals surface area (Å²) in [4.78, 5) is 28.1. The van der Waals surface area contributed by atoms with E-state index in [2.05, 4.69) is 5.32 Å². The molecule has 0 aromatic heterocycles. The van der Waals surface area contributed by atoms with Gasteiger partial charge in [-0.1, -0.05) is 89.4 Å². The lowest BCUT2D eigenvalue weighted by molar-refractivity contribution is -0.140. The van der Waals surface area contributed by atoms with Crippen molar-refractivity contribution in [1.29, 1.82) is 0 Å². The number of benzene rings is 3. The van der Waals surface area contributed by atoms with Gasteiger partial charge in [0.25, 0.3) is 0 Å². The fraction of sp³-hybridized carbons (Fsp3) is 0.231. The molecule has 3 aromatic rings. The number of hydrogen-bond acceptors (Lipinski definition) is 2. The monoisotopic (exact) mass is 468 g/mol. The first-order chi connectivity index (χ1) is 15.4. The van der Waals surface area contributed by atoms with E-state index in [1.165, 1.54) is 0 Å². The van der Waals surface area contributed by atoms with Crippen LogP contribution in [0.15, 0.2) is 72.8 Å². The first kappa shape index (κ1) is 23.8. The van der Waals surface area contributed by atoms with Crippen molar-refractivity contribution in [2.24, 2.45) is 0 Å². The molecular weight excluding hydrogens is 443 g/mol. The molecular formula is C26H26Cl2N2O2. The fourth-order valence-corrected chi connectivity index (χ4v) is 4.10. The molecule has 0 spiro atoms. The number of amides is 2. The third-order valence-corrected chi connectivity index (χ3v) is 6.09. The van der Waals surface area contributed by atoms with Crippen molar-refractivity contribution in [2.75, 3.05) is 7.05 Å². The first-order valence-corrected chi connectivity index (χ1v) is 11.2. The van der Waals surface area contributed by atoms with Gasteiger partial charge in [-0.2, -0.15) is 0 Å². The molecule has 0 fully saturated rings. The van der Waals surface area contributed by atoms with Gasteiger partial charge < -0.3 is 10.2 Å². The summed E-state index contributed by atoms with van der Waals surface area (Å²) in [5.41, 5.74) is 3.60. The van der Waals surface area contributed by atoms with Crippen molar-refractivity contribution >= 4 is 35.0 Å². The van der Waals surface area contributed by atoms with E-state index in [0.29, 0.717) is 28.6 Å². The normalized spacial score (nSPS) is 11.6. The summed E-state index contributed by atoms with van der Waals surface area (Å²) in [6.45, 7) is 2.31. The average Bonchev–Trinajstić information content (AvgIpc) is 2.80. The number of carbonyl (C=O) groups excluding carboxylic acids is 2. The molecule has 6 heteroatoms. The highest BCUT2D eigenvalue weighted by atomic mass is 35.5. The van der Waals surface area contributed by atoms with Gasteiger partial charge in [-0.15, -0.1) is 0 Å². The molecule has 0 saturated carbocycles. The Morgan fingerprint density at radius 1 is 0.875 bits per heavy atom. The van der Waals surface area contributed by atoms with Gasteiger partial charge in [-0.3, -0.25) is 9.59 Å². The molecule has 166 valence electrons. The minimum absolute atomic E-state index is 0.00660. The Bertz CT molecular complexity index is 1050. The first-order valence-electron chi connectivity index (χ1n) is 10.4. The molecule has 0 radical (unpaired) electrons. The maximum absolute atomic E-state index is 13.6. The van der Waals surface area contributed by atoms with Crippen molar-refractivity contribution < 1.29 is 9.59 Å². The van der Waals surface area contributed by atoms with Crippen molar-refractivity contribution in [2.45, 2.75) is 32.4 Å². The molecule has 32 heavy (non-hydrogen) atoms. The molecule has 3 aromatic carbocycles. The number of rotatable bonds is 8. The van der Waals surface area contributed by atoms with E-state index < -0.39 is 6.04 Å². The van der Waals surface area contributed by atoms with Gasteiger partial charge in [0.1, 0.15) is 6.04 Å². The highest BCUT2D eigenvalue weighted by molar-refractivity contribution is 6.36. The number of carbonyl (C=O) groups is 2. The lowest BCUT2D eigenvalue weighted by atomic mass is 10.0. The highest BCUT2D eigenvalue weighted by Crippen LogP contribution is 2.26. The zero-order chi connectivity index (χ0) is 23.1. The van der Waals surface area contributed by atoms with Gasteiger partial charge in [0.2, 0.25) is 11.8 Å². The largest absolute Gasteiger partial charge is 0.357 e. The summed E-state index contributed by atoms with van der Waals surface area (Å²) in [5.74, 6) is -0.440. The van der Waals surface area contributed by atoms with E-state index in [1.54, 1.807) is 30.1 Å². The summed E-state index contributed by atoms with van der Waals surface area (Å²) in [7, 11) is 1.58. The van der Waals surface area contributed by atoms with Crippen LogP contribution in [-0.2, 0) is 29.0 Å². The molecule has 0 bridgehead atoms. The molecule has 1 N–H and O–H groups in total. The molecule has 0 aliphatic heterocycles. The highest BCUT2D eigenvalue weighted by Gasteiger charge is 2.30. The van der Waals surface area contributed by atoms with Crippen molar-refractivity contribution in [3.8, 4) is 0 Å². The van der Waals surface area contributed by atoms with Crippen molar-refractivity contribution in [1.82, 2.24) is 10.2 Å². The van der Waals surface area contributed by atoms with Crippen LogP contribution in [-0.4, -0.2) is 29.8 Å². The van der Waals surface area contributed by atoms with Crippen LogP contribution in [0.5, 0.6) is 0 Å².